The Morgan fingerprint density at radius 3 is 1.67 bits per heavy atom. The van der Waals surface area contributed by atoms with Crippen molar-refractivity contribution >= 4 is 23.3 Å². The van der Waals surface area contributed by atoms with E-state index in [1.807, 2.05) is 0 Å². The zero-order valence-corrected chi connectivity index (χ0v) is 6.90. The maximum Gasteiger partial charge on any atom is -0.0170 e. The predicted molar refractivity (Wildman–Crippen MR) is 38.9 cm³/mol. The first-order chi connectivity index (χ1) is 2.56. The zero-order chi connectivity index (χ0) is 5.21. The van der Waals surface area contributed by atoms with Crippen molar-refractivity contribution in [3.8, 4) is 0 Å². The molecule has 0 fully saturated rings. The number of hydrogen-bond donors (Lipinski definition) is 0. The highest BCUT2D eigenvalue weighted by atomic mass is 79.9. The fraction of sp³-hybridized carbons (Fsp3) is 1.00. The van der Waals surface area contributed by atoms with Gasteiger partial charge in [0.15, 0.2) is 0 Å². The summed E-state index contributed by atoms with van der Waals surface area (Å²) in [5, 5.41) is 0. The summed E-state index contributed by atoms with van der Waals surface area (Å²) in [6.07, 6.45) is 4.49. The monoisotopic (exact) mass is 170 g/mol. The molecule has 0 saturated carbocycles. The van der Waals surface area contributed by atoms with Gasteiger partial charge >= 0.3 is 0 Å². The van der Waals surface area contributed by atoms with E-state index in [0.29, 0.717) is 0 Å². The van der Waals surface area contributed by atoms with E-state index >= 15 is 0 Å². The van der Waals surface area contributed by atoms with E-state index in [9.17, 15) is 0 Å². The van der Waals surface area contributed by atoms with Gasteiger partial charge in [-0.2, -0.15) is 8.46 Å². The van der Waals surface area contributed by atoms with E-state index in [2.05, 4.69) is 34.2 Å². The Hall–Kier alpha value is 0.830. The lowest BCUT2D eigenvalue weighted by Gasteiger charge is -2.18. The van der Waals surface area contributed by atoms with Crippen molar-refractivity contribution in [1.82, 2.24) is 0 Å². The van der Waals surface area contributed by atoms with Gasteiger partial charge in [-0.05, 0) is 33.1 Å². The first kappa shape index (κ1) is 6.83. The van der Waals surface area contributed by atoms with Gasteiger partial charge in [0.05, 0.1) is 0 Å². The van der Waals surface area contributed by atoms with E-state index in [-0.39, 0.29) is 8.46 Å². The van der Waals surface area contributed by atoms with Gasteiger partial charge in [0.2, 0.25) is 0 Å². The van der Waals surface area contributed by atoms with Crippen LogP contribution >= 0.6 is 23.3 Å². The Kier molecular flexibility index (Phi) is 2.53. The van der Waals surface area contributed by atoms with E-state index in [1.54, 1.807) is 0 Å². The highest BCUT2D eigenvalue weighted by Gasteiger charge is 1.98. The Bertz CT molecular complexity index is 37.3. The smallest absolute Gasteiger partial charge is 0.0170 e. The van der Waals surface area contributed by atoms with Gasteiger partial charge in [0, 0.05) is 0 Å². The number of rotatable bonds is 1. The molecule has 2 heteroatoms. The highest BCUT2D eigenvalue weighted by Crippen LogP contribution is 2.47. The zero-order valence-electron chi connectivity index (χ0n) is 4.49. The molecule has 0 aromatic rings. The molecule has 0 saturated heterocycles. The summed E-state index contributed by atoms with van der Waals surface area (Å²) in [6, 6.07) is 0. The van der Waals surface area contributed by atoms with Gasteiger partial charge in [-0.3, -0.25) is 0 Å². The molecule has 0 bridgehead atoms. The molecule has 0 amide bonds. The molecule has 0 unspecified atom stereocenters. The van der Waals surface area contributed by atoms with Gasteiger partial charge in [0.25, 0.3) is 0 Å². The van der Waals surface area contributed by atoms with E-state index in [0.717, 1.165) is 0 Å². The van der Waals surface area contributed by atoms with Crippen LogP contribution in [0.4, 0.5) is 0 Å². The van der Waals surface area contributed by atoms with Crippen LogP contribution in [0.2, 0.25) is 0 Å². The molecule has 0 nitrogen and oxygen atoms in total. The molecular formula is C4H11BrS. The van der Waals surface area contributed by atoms with Crippen molar-refractivity contribution in [2.75, 3.05) is 18.3 Å². The molecule has 0 N–H and O–H groups in total. The fourth-order valence-corrected chi connectivity index (χ4v) is 0. The topological polar surface area (TPSA) is 0 Å². The third kappa shape index (κ3) is 4.83. The van der Waals surface area contributed by atoms with Crippen LogP contribution in [0.25, 0.3) is 0 Å². The maximum atomic E-state index is 3.56. The molecule has 0 spiro atoms. The Labute approximate surface area is 48.8 Å². The van der Waals surface area contributed by atoms with Crippen molar-refractivity contribution in [2.24, 2.45) is 0 Å². The lowest BCUT2D eigenvalue weighted by atomic mass is 11.0. The van der Waals surface area contributed by atoms with E-state index in [1.165, 1.54) is 5.75 Å². The minimum atomic E-state index is -0.350. The molecule has 0 aromatic carbocycles. The van der Waals surface area contributed by atoms with Crippen LogP contribution in [0.15, 0.2) is 0 Å². The highest BCUT2D eigenvalue weighted by molar-refractivity contribution is 9.58. The molecule has 40 valence electrons. The molecule has 0 aliphatic carbocycles. The molecular weight excluding hydrogens is 160 g/mol. The molecule has 0 aromatic heterocycles. The van der Waals surface area contributed by atoms with Gasteiger partial charge < -0.3 is 0 Å². The van der Waals surface area contributed by atoms with Gasteiger partial charge in [-0.1, -0.05) is 6.92 Å². The molecule has 0 aliphatic rings. The van der Waals surface area contributed by atoms with Crippen LogP contribution in [0.3, 0.4) is 0 Å². The second-order valence-electron chi connectivity index (χ2n) is 1.69. The van der Waals surface area contributed by atoms with Crippen LogP contribution in [-0.4, -0.2) is 18.3 Å². The standard InChI is InChI=1S/C4H11BrS/c1-4-6(2,3)5/h4H2,1-3H3. The molecule has 0 aliphatic heterocycles. The third-order valence-electron chi connectivity index (χ3n) is 0.686. The summed E-state index contributed by atoms with van der Waals surface area (Å²) in [7, 11) is -0.350. The van der Waals surface area contributed by atoms with Crippen molar-refractivity contribution in [3.05, 3.63) is 0 Å². The van der Waals surface area contributed by atoms with Crippen LogP contribution in [0, 0.1) is 0 Å². The molecule has 0 rings (SSSR count). The largest absolute Gasteiger partial charge is 0.189 e. The first-order valence-electron chi connectivity index (χ1n) is 1.97. The molecule has 0 heterocycles. The predicted octanol–water partition coefficient (Wildman–Crippen LogP) is 2.38. The lowest BCUT2D eigenvalue weighted by molar-refractivity contribution is 1.51. The van der Waals surface area contributed by atoms with E-state index in [4.69, 9.17) is 0 Å². The van der Waals surface area contributed by atoms with Crippen molar-refractivity contribution < 1.29 is 0 Å². The SMILES string of the molecule is CCS(C)(C)Br. The number of hydrogen-bond acceptors (Lipinski definition) is 0. The summed E-state index contributed by atoms with van der Waals surface area (Å²) >= 11 is 3.56. The summed E-state index contributed by atoms with van der Waals surface area (Å²) in [5.74, 6) is 1.27. The van der Waals surface area contributed by atoms with Gasteiger partial charge in [-0.15, -0.1) is 0 Å². The van der Waals surface area contributed by atoms with Crippen molar-refractivity contribution in [1.29, 1.82) is 0 Å². The Morgan fingerprint density at radius 2 is 1.67 bits per heavy atom. The first-order valence-corrected chi connectivity index (χ1v) is 6.43. The van der Waals surface area contributed by atoms with Crippen LogP contribution in [0.5, 0.6) is 0 Å². The van der Waals surface area contributed by atoms with Crippen molar-refractivity contribution in [2.45, 2.75) is 6.92 Å². The van der Waals surface area contributed by atoms with Gasteiger partial charge in [-0.25, -0.2) is 0 Å². The average molecular weight is 171 g/mol. The summed E-state index contributed by atoms with van der Waals surface area (Å²) < 4.78 is 0. The summed E-state index contributed by atoms with van der Waals surface area (Å²) in [5.41, 5.74) is 0. The third-order valence-corrected chi connectivity index (χ3v) is 3.43. The average Bonchev–Trinajstić information content (AvgIpc) is 1.35. The fourth-order valence-electron chi connectivity index (χ4n) is 0. The second kappa shape index (κ2) is 2.22. The van der Waals surface area contributed by atoms with E-state index < -0.39 is 0 Å². The summed E-state index contributed by atoms with van der Waals surface area (Å²) in [4.78, 5) is 0. The van der Waals surface area contributed by atoms with Crippen LogP contribution < -0.4 is 0 Å². The van der Waals surface area contributed by atoms with Crippen molar-refractivity contribution in [3.63, 3.8) is 0 Å². The lowest BCUT2D eigenvalue weighted by Crippen LogP contribution is -1.83. The number of halogens is 1. The second-order valence-corrected chi connectivity index (χ2v) is 10.3. The maximum absolute atomic E-state index is 3.56. The van der Waals surface area contributed by atoms with Crippen LogP contribution in [-0.2, 0) is 0 Å². The Morgan fingerprint density at radius 1 is 1.50 bits per heavy atom. The minimum absolute atomic E-state index is 0.350. The normalized spacial score (nSPS) is 14.7. The van der Waals surface area contributed by atoms with Gasteiger partial charge in [0.1, 0.15) is 0 Å². The quantitative estimate of drug-likeness (QED) is 0.568. The minimum Gasteiger partial charge on any atom is -0.189 e. The molecule has 6 heavy (non-hydrogen) atoms. The van der Waals surface area contributed by atoms with Crippen LogP contribution in [0.1, 0.15) is 6.92 Å². The molecule has 0 radical (unpaired) electrons. The summed E-state index contributed by atoms with van der Waals surface area (Å²) in [6.45, 7) is 2.20. The molecule has 0 atom stereocenters. The Balaban J connectivity index is 3.17.